The fourth-order valence-electron chi connectivity index (χ4n) is 5.91. The third-order valence-electron chi connectivity index (χ3n) is 9.45. The number of amides is 9. The van der Waals surface area contributed by atoms with Gasteiger partial charge in [0, 0.05) is 0 Å². The largest absolute Gasteiger partial charge is 0.481 e. The number of carboxylic acid groups (broad SMARTS) is 2. The highest BCUT2D eigenvalue weighted by Crippen LogP contribution is 2.10. The van der Waals surface area contributed by atoms with Crippen LogP contribution in [0.1, 0.15) is 80.2 Å². The zero-order valence-electron chi connectivity index (χ0n) is 37.3. The summed E-state index contributed by atoms with van der Waals surface area (Å²) in [5, 5.41) is 37.8. The molecule has 1 aromatic carbocycles. The number of carbonyl (C=O) groups is 11. The molecule has 8 atom stereocenters. The van der Waals surface area contributed by atoms with Gasteiger partial charge in [0.2, 0.25) is 53.2 Å². The Balaban J connectivity index is 2.96. The summed E-state index contributed by atoms with van der Waals surface area (Å²) in [6, 6.07) is -1.96. The van der Waals surface area contributed by atoms with Gasteiger partial charge in [0.1, 0.15) is 42.3 Å². The second kappa shape index (κ2) is 26.7. The predicted molar refractivity (Wildman–Crippen MR) is 229 cm³/mol. The number of primary amides is 1. The summed E-state index contributed by atoms with van der Waals surface area (Å²) in [5.74, 6) is -12.6. The third kappa shape index (κ3) is 20.0. The summed E-state index contributed by atoms with van der Waals surface area (Å²) < 4.78 is 0. The topological polar surface area (TPSA) is 377 Å². The number of carboxylic acids is 2. The van der Waals surface area contributed by atoms with Crippen LogP contribution in [0.25, 0.3) is 0 Å². The van der Waals surface area contributed by atoms with Gasteiger partial charge in [-0.1, -0.05) is 71.9 Å². The van der Waals surface area contributed by atoms with E-state index in [1.54, 1.807) is 52.0 Å². The number of rotatable bonds is 27. The number of hydrogen-bond donors (Lipinski definition) is 12. The Labute approximate surface area is 371 Å². The van der Waals surface area contributed by atoms with E-state index in [1.165, 1.54) is 27.7 Å². The lowest BCUT2D eigenvalue weighted by Crippen LogP contribution is -2.61. The Hall–Kier alpha value is -6.65. The fraction of sp³-hybridized carbons (Fsp3) is 0.585. The Morgan fingerprint density at radius 1 is 0.547 bits per heavy atom. The summed E-state index contributed by atoms with van der Waals surface area (Å²) in [5.41, 5.74) is 12.1. The molecule has 0 aliphatic rings. The Morgan fingerprint density at radius 2 is 1.02 bits per heavy atom. The molecule has 0 heterocycles. The second-order valence-corrected chi connectivity index (χ2v) is 16.4. The Morgan fingerprint density at radius 3 is 1.50 bits per heavy atom. The molecule has 0 aliphatic heterocycles. The average Bonchev–Trinajstić information content (AvgIpc) is 3.19. The molecule has 0 bridgehead atoms. The minimum atomic E-state index is -1.84. The SMILES string of the molecule is CC(C)CC(NC(=O)C(CC(=O)O)NC(=O)C(CC(N)=O)NC(=O)C(NC(=O)C(NC(=O)C(C)NC(=O)CNC(=O)C(C)NC(=O)C(N)Cc1ccccc1)C(C)C)C(C)C)C(=O)O. The Kier molecular flexibility index (Phi) is 23.1. The first-order valence-electron chi connectivity index (χ1n) is 20.6. The van der Waals surface area contributed by atoms with Crippen LogP contribution in [0.5, 0.6) is 0 Å². The van der Waals surface area contributed by atoms with Crippen LogP contribution in [-0.2, 0) is 59.2 Å². The van der Waals surface area contributed by atoms with Crippen molar-refractivity contribution in [3.63, 3.8) is 0 Å². The van der Waals surface area contributed by atoms with Crippen molar-refractivity contribution < 1.29 is 63.0 Å². The average molecular weight is 905 g/mol. The van der Waals surface area contributed by atoms with Gasteiger partial charge in [-0.25, -0.2) is 4.79 Å². The summed E-state index contributed by atoms with van der Waals surface area (Å²) in [6.07, 6.45) is -1.62. The van der Waals surface area contributed by atoms with Crippen molar-refractivity contribution in [2.24, 2.45) is 29.2 Å². The lowest BCUT2D eigenvalue weighted by molar-refractivity contribution is -0.144. The standard InChI is InChI=1S/C41H64N10O13/c1-19(2)14-28(41(63)64)49-38(60)27(17-31(54)55)47-37(59)26(16-29(43)52)48-39(61)32(20(3)4)51-40(62)33(21(5)6)50-35(57)23(8)45-30(53)18-44-34(56)22(7)46-36(58)25(42)15-24-12-10-9-11-13-24/h9-13,19-23,25-28,32-33H,14-18,42H2,1-8H3,(H2,43,52)(H,44,56)(H,45,53)(H,46,58)(H,47,59)(H,48,61)(H,49,60)(H,50,57)(H,51,62)(H,54,55)(H,63,64). The maximum Gasteiger partial charge on any atom is 0.326 e. The number of benzene rings is 1. The van der Waals surface area contributed by atoms with Crippen molar-refractivity contribution in [3.05, 3.63) is 35.9 Å². The van der Waals surface area contributed by atoms with Gasteiger partial charge in [-0.3, -0.25) is 47.9 Å². The number of nitrogens with one attached hydrogen (secondary N) is 8. The molecule has 0 fully saturated rings. The molecule has 0 radical (unpaired) electrons. The minimum Gasteiger partial charge on any atom is -0.481 e. The normalized spacial score (nSPS) is 14.8. The van der Waals surface area contributed by atoms with E-state index in [9.17, 15) is 63.0 Å². The van der Waals surface area contributed by atoms with Gasteiger partial charge in [0.15, 0.2) is 0 Å². The first kappa shape index (κ1) is 55.4. The molecule has 0 aromatic heterocycles. The number of carbonyl (C=O) groups excluding carboxylic acids is 9. The summed E-state index contributed by atoms with van der Waals surface area (Å²) in [4.78, 5) is 140. The van der Waals surface area contributed by atoms with Crippen molar-refractivity contribution in [1.82, 2.24) is 42.5 Å². The van der Waals surface area contributed by atoms with Gasteiger partial charge < -0.3 is 64.2 Å². The highest BCUT2D eigenvalue weighted by Gasteiger charge is 2.36. The molecule has 23 heteroatoms. The van der Waals surface area contributed by atoms with Gasteiger partial charge in [-0.05, 0) is 50.0 Å². The van der Waals surface area contributed by atoms with Crippen LogP contribution in [0, 0.1) is 17.8 Å². The van der Waals surface area contributed by atoms with E-state index < -0.39 is 145 Å². The maximum absolute atomic E-state index is 13.6. The van der Waals surface area contributed by atoms with E-state index in [1.807, 2.05) is 6.07 Å². The molecule has 14 N–H and O–H groups in total. The maximum atomic E-state index is 13.6. The first-order chi connectivity index (χ1) is 29.7. The fourth-order valence-corrected chi connectivity index (χ4v) is 5.91. The molecule has 23 nitrogen and oxygen atoms in total. The highest BCUT2D eigenvalue weighted by atomic mass is 16.4. The van der Waals surface area contributed by atoms with Gasteiger partial charge in [-0.15, -0.1) is 0 Å². The van der Waals surface area contributed by atoms with Crippen LogP contribution in [0.15, 0.2) is 30.3 Å². The summed E-state index contributed by atoms with van der Waals surface area (Å²) >= 11 is 0. The third-order valence-corrected chi connectivity index (χ3v) is 9.45. The summed E-state index contributed by atoms with van der Waals surface area (Å²) in [7, 11) is 0. The second-order valence-electron chi connectivity index (χ2n) is 16.4. The Bertz CT molecular complexity index is 1840. The van der Waals surface area contributed by atoms with Crippen molar-refractivity contribution in [2.45, 2.75) is 129 Å². The van der Waals surface area contributed by atoms with Crippen molar-refractivity contribution in [1.29, 1.82) is 0 Å². The molecule has 1 rings (SSSR count). The molecular weight excluding hydrogens is 841 g/mol. The van der Waals surface area contributed by atoms with E-state index in [0.717, 1.165) is 5.56 Å². The van der Waals surface area contributed by atoms with Crippen molar-refractivity contribution in [2.75, 3.05) is 6.54 Å². The number of aliphatic carboxylic acids is 2. The molecule has 356 valence electrons. The highest BCUT2D eigenvalue weighted by molar-refractivity contribution is 5.99. The summed E-state index contributed by atoms with van der Waals surface area (Å²) in [6.45, 7) is 11.8. The molecule has 64 heavy (non-hydrogen) atoms. The monoisotopic (exact) mass is 904 g/mol. The molecule has 1 aromatic rings. The van der Waals surface area contributed by atoms with Gasteiger partial charge in [0.25, 0.3) is 0 Å². The van der Waals surface area contributed by atoms with Crippen LogP contribution < -0.4 is 54.0 Å². The van der Waals surface area contributed by atoms with Gasteiger partial charge >= 0.3 is 11.9 Å². The van der Waals surface area contributed by atoms with Gasteiger partial charge in [0.05, 0.1) is 25.4 Å². The quantitative estimate of drug-likeness (QED) is 0.0416. The zero-order valence-corrected chi connectivity index (χ0v) is 37.3. The van der Waals surface area contributed by atoms with Crippen LogP contribution in [0.4, 0.5) is 0 Å². The van der Waals surface area contributed by atoms with Crippen molar-refractivity contribution in [3.8, 4) is 0 Å². The molecule has 8 unspecified atom stereocenters. The lowest BCUT2D eigenvalue weighted by Gasteiger charge is -2.29. The smallest absolute Gasteiger partial charge is 0.326 e. The molecule has 0 aliphatic carbocycles. The van der Waals surface area contributed by atoms with Crippen LogP contribution >= 0.6 is 0 Å². The minimum absolute atomic E-state index is 0.0216. The van der Waals surface area contributed by atoms with Crippen LogP contribution in [0.3, 0.4) is 0 Å². The zero-order chi connectivity index (χ0) is 49.0. The van der Waals surface area contributed by atoms with E-state index in [0.29, 0.717) is 0 Å². The van der Waals surface area contributed by atoms with Crippen molar-refractivity contribution >= 4 is 65.1 Å². The van der Waals surface area contributed by atoms with E-state index in [2.05, 4.69) is 42.5 Å². The van der Waals surface area contributed by atoms with Crippen LogP contribution in [0.2, 0.25) is 0 Å². The van der Waals surface area contributed by atoms with E-state index in [4.69, 9.17) is 11.5 Å². The van der Waals surface area contributed by atoms with Crippen LogP contribution in [-0.4, -0.2) is 130 Å². The van der Waals surface area contributed by atoms with Gasteiger partial charge in [-0.2, -0.15) is 0 Å². The van der Waals surface area contributed by atoms with E-state index in [-0.39, 0.29) is 18.8 Å². The number of nitrogens with two attached hydrogens (primary N) is 2. The lowest BCUT2D eigenvalue weighted by atomic mass is 9.99. The first-order valence-corrected chi connectivity index (χ1v) is 20.6. The molecule has 0 saturated heterocycles. The molecule has 0 spiro atoms. The molecular formula is C41H64N10O13. The molecule has 9 amide bonds. The molecule has 0 saturated carbocycles. The predicted octanol–water partition coefficient (Wildman–Crippen LogP) is -3.10. The van der Waals surface area contributed by atoms with E-state index >= 15 is 0 Å². The number of hydrogen-bond acceptors (Lipinski definition) is 12.